The molecular weight excluding hydrogens is 481 g/mol. The maximum Gasteiger partial charge on any atom is 0.398 e. The van der Waals surface area contributed by atoms with Crippen LogP contribution in [-0.4, -0.2) is 40.1 Å². The Labute approximate surface area is 216 Å². The van der Waals surface area contributed by atoms with Gasteiger partial charge in [0.15, 0.2) is 5.78 Å². The number of nitrogens with two attached hydrogens (primary N) is 1. The van der Waals surface area contributed by atoms with Crippen molar-refractivity contribution in [1.29, 1.82) is 0 Å². The third kappa shape index (κ3) is 4.29. The third-order valence-corrected chi connectivity index (χ3v) is 9.39. The Morgan fingerprint density at radius 1 is 1.16 bits per heavy atom. The molecule has 0 radical (unpaired) electrons. The number of hydrazine groups is 1. The van der Waals surface area contributed by atoms with Gasteiger partial charge in [0.05, 0.1) is 11.2 Å². The Balaban J connectivity index is 1.40. The van der Waals surface area contributed by atoms with Gasteiger partial charge in [-0.1, -0.05) is 20.3 Å². The van der Waals surface area contributed by atoms with Gasteiger partial charge >= 0.3 is 6.18 Å². The SMILES string of the molecule is Cc1nc(C2CC2)ncc1[C@@H]1CCCC(C2(C)NNC3=C2C(C(C)C)(C(F)(F)F)CC(=O)C3N)CCN1. The van der Waals surface area contributed by atoms with Gasteiger partial charge in [-0.25, -0.2) is 15.4 Å². The molecular formula is C27H39F3N6O. The maximum absolute atomic E-state index is 14.9. The molecule has 0 spiro atoms. The summed E-state index contributed by atoms with van der Waals surface area (Å²) in [5, 5.41) is 3.63. The Kier molecular flexibility index (Phi) is 6.68. The first-order valence-electron chi connectivity index (χ1n) is 13.6. The summed E-state index contributed by atoms with van der Waals surface area (Å²) in [6.45, 7) is 7.66. The van der Waals surface area contributed by atoms with Gasteiger partial charge in [-0.05, 0) is 69.9 Å². The summed E-state index contributed by atoms with van der Waals surface area (Å²) in [7, 11) is 0. The molecule has 0 aromatic carbocycles. The average molecular weight is 521 g/mol. The van der Waals surface area contributed by atoms with Gasteiger partial charge in [0.25, 0.3) is 0 Å². The fourth-order valence-corrected chi connectivity index (χ4v) is 7.01. The van der Waals surface area contributed by atoms with Crippen LogP contribution in [-0.2, 0) is 4.79 Å². The number of hydrogen-bond donors (Lipinski definition) is 4. The highest BCUT2D eigenvalue weighted by Crippen LogP contribution is 2.60. The largest absolute Gasteiger partial charge is 0.398 e. The van der Waals surface area contributed by atoms with Crippen LogP contribution in [0.3, 0.4) is 0 Å². The van der Waals surface area contributed by atoms with E-state index in [9.17, 15) is 18.0 Å². The number of hydrogen-bond acceptors (Lipinski definition) is 7. The maximum atomic E-state index is 14.9. The van der Waals surface area contributed by atoms with Crippen molar-refractivity contribution in [2.75, 3.05) is 6.54 Å². The molecule has 4 unspecified atom stereocenters. The molecule has 3 heterocycles. The van der Waals surface area contributed by atoms with Gasteiger partial charge in [-0.3, -0.25) is 4.79 Å². The molecule has 1 saturated carbocycles. The minimum atomic E-state index is -4.58. The number of nitrogens with zero attached hydrogens (tertiary/aromatic N) is 2. The molecule has 37 heavy (non-hydrogen) atoms. The number of Topliss-reactive ketones (excluding diaryl/α,β-unsaturated/α-hetero) is 1. The van der Waals surface area contributed by atoms with Gasteiger partial charge in [-0.15, -0.1) is 0 Å². The molecule has 5 N–H and O–H groups in total. The number of aryl methyl sites for hydroxylation is 1. The lowest BCUT2D eigenvalue weighted by Gasteiger charge is -2.50. The lowest BCUT2D eigenvalue weighted by molar-refractivity contribution is -0.231. The van der Waals surface area contributed by atoms with Gasteiger partial charge in [-0.2, -0.15) is 13.2 Å². The lowest BCUT2D eigenvalue weighted by atomic mass is 9.56. The summed E-state index contributed by atoms with van der Waals surface area (Å²) >= 11 is 0. The number of ketones is 1. The number of carbonyl (C=O) groups is 1. The number of alkyl halides is 3. The summed E-state index contributed by atoms with van der Waals surface area (Å²) in [6, 6.07) is -0.951. The van der Waals surface area contributed by atoms with E-state index in [0.29, 0.717) is 18.9 Å². The van der Waals surface area contributed by atoms with E-state index in [4.69, 9.17) is 10.7 Å². The smallest absolute Gasteiger partial charge is 0.323 e. The monoisotopic (exact) mass is 520 g/mol. The highest BCUT2D eigenvalue weighted by atomic mass is 19.4. The van der Waals surface area contributed by atoms with Crippen molar-refractivity contribution in [3.05, 3.63) is 34.5 Å². The Morgan fingerprint density at radius 3 is 2.51 bits per heavy atom. The first-order valence-corrected chi connectivity index (χ1v) is 13.6. The van der Waals surface area contributed by atoms with Gasteiger partial charge in [0.1, 0.15) is 17.3 Å². The molecule has 4 aliphatic rings. The molecule has 5 rings (SSSR count). The molecule has 1 aromatic rings. The number of halogens is 3. The topological polar surface area (TPSA) is 105 Å². The van der Waals surface area contributed by atoms with E-state index >= 15 is 0 Å². The summed E-state index contributed by atoms with van der Waals surface area (Å²) < 4.78 is 44.7. The minimum Gasteiger partial charge on any atom is -0.323 e. The van der Waals surface area contributed by atoms with Crippen molar-refractivity contribution in [2.45, 2.75) is 102 Å². The normalized spacial score (nSPS) is 35.3. The predicted octanol–water partition coefficient (Wildman–Crippen LogP) is 4.11. The van der Waals surface area contributed by atoms with Crippen molar-refractivity contribution in [1.82, 2.24) is 26.1 Å². The van der Waals surface area contributed by atoms with E-state index in [0.717, 1.165) is 49.2 Å². The van der Waals surface area contributed by atoms with E-state index < -0.39 is 41.3 Å². The molecule has 0 amide bonds. The summed E-state index contributed by atoms with van der Waals surface area (Å²) in [5.41, 5.74) is 11.6. The van der Waals surface area contributed by atoms with Crippen molar-refractivity contribution in [2.24, 2.45) is 23.0 Å². The molecule has 2 aliphatic heterocycles. The average Bonchev–Trinajstić information content (AvgIpc) is 3.59. The molecule has 2 aliphatic carbocycles. The molecule has 10 heteroatoms. The van der Waals surface area contributed by atoms with Crippen LogP contribution in [0.4, 0.5) is 13.2 Å². The van der Waals surface area contributed by atoms with Gasteiger partial charge < -0.3 is 16.5 Å². The number of aromatic nitrogens is 2. The second kappa shape index (κ2) is 9.31. The Hall–Kier alpha value is -2.04. The van der Waals surface area contributed by atoms with Gasteiger partial charge in [0.2, 0.25) is 0 Å². The van der Waals surface area contributed by atoms with Crippen LogP contribution in [0.5, 0.6) is 0 Å². The fraction of sp³-hybridized carbons (Fsp3) is 0.741. The first-order chi connectivity index (χ1) is 17.4. The summed E-state index contributed by atoms with van der Waals surface area (Å²) in [6.07, 6.45) is 2.22. The van der Waals surface area contributed by atoms with Crippen molar-refractivity contribution < 1.29 is 18.0 Å². The van der Waals surface area contributed by atoms with E-state index in [-0.39, 0.29) is 23.2 Å². The van der Waals surface area contributed by atoms with Crippen LogP contribution >= 0.6 is 0 Å². The third-order valence-electron chi connectivity index (χ3n) is 9.39. The second-order valence-corrected chi connectivity index (χ2v) is 12.0. The number of carbonyl (C=O) groups excluding carboxylic acids is 1. The van der Waals surface area contributed by atoms with Crippen LogP contribution in [0.15, 0.2) is 17.5 Å². The second-order valence-electron chi connectivity index (χ2n) is 12.0. The van der Waals surface area contributed by atoms with Crippen LogP contribution in [0.25, 0.3) is 0 Å². The molecule has 2 fully saturated rings. The quantitative estimate of drug-likeness (QED) is 0.474. The zero-order chi connectivity index (χ0) is 26.8. The minimum absolute atomic E-state index is 0.0728. The van der Waals surface area contributed by atoms with E-state index in [1.165, 1.54) is 0 Å². The van der Waals surface area contributed by atoms with E-state index in [1.54, 1.807) is 13.8 Å². The number of nitrogens with one attached hydrogen (secondary N) is 3. The fourth-order valence-electron chi connectivity index (χ4n) is 7.01. The van der Waals surface area contributed by atoms with Gasteiger partial charge in [0, 0.05) is 35.8 Å². The highest BCUT2D eigenvalue weighted by Gasteiger charge is 2.68. The van der Waals surface area contributed by atoms with Crippen LogP contribution < -0.4 is 21.9 Å². The van der Waals surface area contributed by atoms with Crippen molar-refractivity contribution >= 4 is 5.78 Å². The molecule has 7 nitrogen and oxygen atoms in total. The molecule has 204 valence electrons. The Bertz CT molecular complexity index is 1090. The zero-order valence-corrected chi connectivity index (χ0v) is 22.1. The van der Waals surface area contributed by atoms with Crippen molar-refractivity contribution in [3.63, 3.8) is 0 Å². The van der Waals surface area contributed by atoms with E-state index in [2.05, 4.69) is 21.2 Å². The summed E-state index contributed by atoms with van der Waals surface area (Å²) in [4.78, 5) is 22.1. The standard InChI is InChI=1S/C27H39F3N6O/c1-14(2)26(27(28,29)30)12-20(37)21(31)22-23(26)25(4,36-35-22)17-6-5-7-19(32-11-10-17)18-13-33-24(16-8-9-16)34-15(18)3/h13-14,16-17,19,21,32,35-36H,5-12,31H2,1-4H3/t17?,19-,21?,25?,26?/m0/s1. The molecule has 1 aromatic heterocycles. The van der Waals surface area contributed by atoms with E-state index in [1.807, 2.05) is 20.0 Å². The van der Waals surface area contributed by atoms with Crippen LogP contribution in [0.2, 0.25) is 0 Å². The Morgan fingerprint density at radius 2 is 1.89 bits per heavy atom. The molecule has 0 bridgehead atoms. The van der Waals surface area contributed by atoms with Crippen LogP contribution in [0.1, 0.15) is 94.8 Å². The zero-order valence-electron chi connectivity index (χ0n) is 22.1. The lowest BCUT2D eigenvalue weighted by Crippen LogP contribution is -2.59. The predicted molar refractivity (Wildman–Crippen MR) is 134 cm³/mol. The van der Waals surface area contributed by atoms with Crippen molar-refractivity contribution in [3.8, 4) is 0 Å². The first kappa shape index (κ1) is 26.6. The molecule has 5 atom stereocenters. The molecule has 1 saturated heterocycles. The summed E-state index contributed by atoms with van der Waals surface area (Å²) in [5.74, 6) is -0.0182. The highest BCUT2D eigenvalue weighted by molar-refractivity contribution is 5.90. The number of rotatable bonds is 4. The van der Waals surface area contributed by atoms with Crippen LogP contribution in [0, 0.1) is 24.2 Å².